The van der Waals surface area contributed by atoms with Gasteiger partial charge in [0, 0.05) is 41.9 Å². The molecule has 178 valence electrons. The van der Waals surface area contributed by atoms with E-state index in [0.29, 0.717) is 35.2 Å². The summed E-state index contributed by atoms with van der Waals surface area (Å²) in [7, 11) is 0. The fourth-order valence-electron chi connectivity index (χ4n) is 4.37. The van der Waals surface area contributed by atoms with Gasteiger partial charge in [-0.05, 0) is 78.9 Å². The van der Waals surface area contributed by atoms with Crippen molar-refractivity contribution in [2.45, 2.75) is 25.4 Å². The van der Waals surface area contributed by atoms with Crippen molar-refractivity contribution in [3.05, 3.63) is 84.1 Å². The predicted molar refractivity (Wildman–Crippen MR) is 134 cm³/mol. The molecule has 2 amide bonds. The molecule has 0 spiro atoms. The van der Waals surface area contributed by atoms with Crippen molar-refractivity contribution in [2.75, 3.05) is 29.2 Å². The Kier molecular flexibility index (Phi) is 6.45. The smallest absolute Gasteiger partial charge is 0.255 e. The number of hydrogen-bond donors (Lipinski definition) is 3. The number of ether oxygens (including phenoxy) is 2. The van der Waals surface area contributed by atoms with Gasteiger partial charge in [0.2, 0.25) is 5.91 Å². The molecule has 1 aromatic heterocycles. The molecule has 0 unspecified atom stereocenters. The van der Waals surface area contributed by atoms with Crippen LogP contribution in [-0.4, -0.2) is 30.0 Å². The summed E-state index contributed by atoms with van der Waals surface area (Å²) in [6, 6.07) is 14.2. The summed E-state index contributed by atoms with van der Waals surface area (Å²) >= 11 is 0. The average Bonchev–Trinajstić information content (AvgIpc) is 3.08. The number of nitrogens with zero attached hydrogens (tertiary/aromatic N) is 1. The lowest BCUT2D eigenvalue weighted by Crippen LogP contribution is -2.16. The highest BCUT2D eigenvalue weighted by Crippen LogP contribution is 2.39. The van der Waals surface area contributed by atoms with Crippen molar-refractivity contribution in [3.8, 4) is 5.75 Å². The number of fused-ring (bicyclic) bond motifs is 2. The van der Waals surface area contributed by atoms with Gasteiger partial charge in [-0.15, -0.1) is 0 Å². The Balaban J connectivity index is 1.32. The normalized spacial score (nSPS) is 14.9. The number of nitrogens with one attached hydrogen (secondary N) is 3. The van der Waals surface area contributed by atoms with E-state index in [1.54, 1.807) is 30.3 Å². The van der Waals surface area contributed by atoms with E-state index < -0.39 is 0 Å². The fraction of sp³-hybridized carbons (Fsp3) is 0.222. The van der Waals surface area contributed by atoms with Crippen LogP contribution in [0.4, 0.5) is 22.9 Å². The van der Waals surface area contributed by atoms with Gasteiger partial charge >= 0.3 is 0 Å². The first-order valence-corrected chi connectivity index (χ1v) is 11.5. The first-order valence-electron chi connectivity index (χ1n) is 11.5. The molecule has 0 saturated carbocycles. The highest BCUT2D eigenvalue weighted by Gasteiger charge is 2.24. The van der Waals surface area contributed by atoms with Crippen LogP contribution in [0.1, 0.15) is 40.2 Å². The molecule has 0 radical (unpaired) electrons. The molecule has 35 heavy (non-hydrogen) atoms. The molecule has 1 fully saturated rings. The number of benzene rings is 2. The number of anilines is 4. The molecular formula is C27H26N4O4. The van der Waals surface area contributed by atoms with E-state index in [9.17, 15) is 9.59 Å². The van der Waals surface area contributed by atoms with Crippen molar-refractivity contribution in [3.63, 3.8) is 0 Å². The number of rotatable bonds is 5. The van der Waals surface area contributed by atoms with Gasteiger partial charge in [0.15, 0.2) is 0 Å². The maximum absolute atomic E-state index is 12.8. The fourth-order valence-corrected chi connectivity index (χ4v) is 4.37. The summed E-state index contributed by atoms with van der Waals surface area (Å²) in [6.07, 6.45) is 4.99. The Morgan fingerprint density at radius 3 is 2.57 bits per heavy atom. The summed E-state index contributed by atoms with van der Waals surface area (Å²) in [4.78, 5) is 28.8. The van der Waals surface area contributed by atoms with Crippen LogP contribution in [0.2, 0.25) is 0 Å². The van der Waals surface area contributed by atoms with Gasteiger partial charge in [-0.1, -0.05) is 6.58 Å². The monoisotopic (exact) mass is 470 g/mol. The van der Waals surface area contributed by atoms with Gasteiger partial charge < -0.3 is 25.4 Å². The van der Waals surface area contributed by atoms with Gasteiger partial charge in [0.25, 0.3) is 5.91 Å². The van der Waals surface area contributed by atoms with Crippen LogP contribution in [0.5, 0.6) is 5.75 Å². The van der Waals surface area contributed by atoms with Crippen LogP contribution in [0.15, 0.2) is 67.4 Å². The molecule has 3 N–H and O–H groups in total. The first kappa shape index (κ1) is 22.6. The van der Waals surface area contributed by atoms with E-state index in [1.807, 2.05) is 18.3 Å². The largest absolute Gasteiger partial charge is 0.487 e. The second-order valence-corrected chi connectivity index (χ2v) is 8.46. The molecule has 3 heterocycles. The molecule has 0 aliphatic carbocycles. The minimum Gasteiger partial charge on any atom is -0.487 e. The lowest BCUT2D eigenvalue weighted by molar-refractivity contribution is -0.111. The van der Waals surface area contributed by atoms with Gasteiger partial charge in [0.05, 0.1) is 5.69 Å². The van der Waals surface area contributed by atoms with E-state index in [0.717, 1.165) is 43.1 Å². The Hall–Kier alpha value is -4.17. The second-order valence-electron chi connectivity index (χ2n) is 8.46. The molecule has 5 rings (SSSR count). The third kappa shape index (κ3) is 5.02. The Labute approximate surface area is 203 Å². The topological polar surface area (TPSA) is 102 Å². The number of amides is 2. The predicted octanol–water partition coefficient (Wildman–Crippen LogP) is 4.99. The lowest BCUT2D eigenvalue weighted by Gasteiger charge is -2.24. The minimum absolute atomic E-state index is 0.263. The summed E-state index contributed by atoms with van der Waals surface area (Å²) in [5.41, 5.74) is 4.72. The minimum atomic E-state index is -0.308. The highest BCUT2D eigenvalue weighted by molar-refractivity contribution is 6.05. The Morgan fingerprint density at radius 2 is 1.80 bits per heavy atom. The van der Waals surface area contributed by atoms with Crippen LogP contribution in [0.25, 0.3) is 0 Å². The third-order valence-corrected chi connectivity index (χ3v) is 6.22. The van der Waals surface area contributed by atoms with Crippen molar-refractivity contribution in [1.82, 2.24) is 4.98 Å². The Bertz CT molecular complexity index is 1270. The van der Waals surface area contributed by atoms with Crippen LogP contribution in [-0.2, 0) is 16.1 Å². The second kappa shape index (κ2) is 9.99. The zero-order valence-corrected chi connectivity index (χ0v) is 19.2. The van der Waals surface area contributed by atoms with Crippen molar-refractivity contribution in [1.29, 1.82) is 0 Å². The third-order valence-electron chi connectivity index (χ3n) is 6.22. The molecule has 8 nitrogen and oxygen atoms in total. The maximum Gasteiger partial charge on any atom is 0.255 e. The van der Waals surface area contributed by atoms with E-state index in [1.165, 1.54) is 11.6 Å². The van der Waals surface area contributed by atoms with Crippen molar-refractivity contribution < 1.29 is 19.1 Å². The van der Waals surface area contributed by atoms with Gasteiger partial charge in [-0.3, -0.25) is 9.59 Å². The van der Waals surface area contributed by atoms with Gasteiger partial charge in [0.1, 0.15) is 18.2 Å². The molecule has 2 aromatic carbocycles. The summed E-state index contributed by atoms with van der Waals surface area (Å²) in [5.74, 6) is 1.33. The lowest BCUT2D eigenvalue weighted by atomic mass is 9.89. The molecule has 8 heteroatoms. The number of pyridine rings is 1. The average molecular weight is 471 g/mol. The standard InChI is InChI=1S/C27H26N4O4/c1-2-25(32)29-19-5-3-18(4-6-19)27(33)30-20-7-8-24-23(15-20)31-26-22(16-35-24)21(9-12-28-26)17-10-13-34-14-11-17/h2-9,12,15,17H,1,10-11,13-14,16H2,(H,28,31)(H,29,32)(H,30,33). The van der Waals surface area contributed by atoms with Crippen LogP contribution in [0.3, 0.4) is 0 Å². The molecule has 3 aromatic rings. The number of carbonyl (C=O) groups is 2. The van der Waals surface area contributed by atoms with E-state index in [4.69, 9.17) is 9.47 Å². The molecule has 2 aliphatic heterocycles. The van der Waals surface area contributed by atoms with Gasteiger partial charge in [-0.25, -0.2) is 4.98 Å². The summed E-state index contributed by atoms with van der Waals surface area (Å²) < 4.78 is 11.6. The number of hydrogen-bond acceptors (Lipinski definition) is 6. The first-order chi connectivity index (χ1) is 17.1. The van der Waals surface area contributed by atoms with Crippen molar-refractivity contribution >= 4 is 34.7 Å². The number of carbonyl (C=O) groups excluding carboxylic acids is 2. The van der Waals surface area contributed by atoms with Crippen molar-refractivity contribution in [2.24, 2.45) is 0 Å². The zero-order valence-electron chi connectivity index (χ0n) is 19.2. The van der Waals surface area contributed by atoms with E-state index in [-0.39, 0.29) is 11.8 Å². The van der Waals surface area contributed by atoms with E-state index >= 15 is 0 Å². The molecule has 1 saturated heterocycles. The summed E-state index contributed by atoms with van der Waals surface area (Å²) in [5, 5.41) is 8.97. The van der Waals surface area contributed by atoms with Crippen LogP contribution < -0.4 is 20.7 Å². The zero-order chi connectivity index (χ0) is 24.2. The molecule has 0 atom stereocenters. The molecular weight excluding hydrogens is 444 g/mol. The van der Waals surface area contributed by atoms with E-state index in [2.05, 4.69) is 33.6 Å². The highest BCUT2D eigenvalue weighted by atomic mass is 16.5. The SMILES string of the molecule is C=CC(=O)Nc1ccc(C(=O)Nc2ccc3c(c2)Nc2nccc(C4CCOCC4)c2CO3)cc1. The quantitative estimate of drug-likeness (QED) is 0.454. The van der Waals surface area contributed by atoms with Gasteiger partial charge in [-0.2, -0.15) is 0 Å². The summed E-state index contributed by atoms with van der Waals surface area (Å²) in [6.45, 7) is 5.39. The van der Waals surface area contributed by atoms with Crippen LogP contribution in [0, 0.1) is 0 Å². The number of aromatic nitrogens is 1. The Morgan fingerprint density at radius 1 is 1.03 bits per heavy atom. The molecule has 0 bridgehead atoms. The molecule has 2 aliphatic rings. The maximum atomic E-state index is 12.8. The van der Waals surface area contributed by atoms with Crippen LogP contribution >= 0.6 is 0 Å².